The predicted octanol–water partition coefficient (Wildman–Crippen LogP) is 3.16. The van der Waals surface area contributed by atoms with Crippen LogP contribution in [0.5, 0.6) is 0 Å². The molecule has 1 atom stereocenters. The summed E-state index contributed by atoms with van der Waals surface area (Å²) in [6.45, 7) is 3.51. The van der Waals surface area contributed by atoms with Crippen LogP contribution in [-0.4, -0.2) is 24.5 Å². The first kappa shape index (κ1) is 14.6. The van der Waals surface area contributed by atoms with Crippen molar-refractivity contribution in [2.75, 3.05) is 12.8 Å². The normalized spacial score (nSPS) is 12.7. The molecule has 0 radical (unpaired) electrons. The number of carbonyl (C=O) groups is 1. The number of ketones is 1. The fraction of sp³-hybridized carbons (Fsp3) is 0.889. The monoisotopic (exact) mass is 241 g/mol. The summed E-state index contributed by atoms with van der Waals surface area (Å²) >= 11 is 0. The molecule has 0 fully saturated rings. The molecule has 0 aliphatic carbocycles. The van der Waals surface area contributed by atoms with Gasteiger partial charge in [-0.05, 0) is 17.9 Å². The number of hydrogen-bond donors (Lipinski definition) is 0. The molecule has 0 aromatic carbocycles. The molecule has 0 rings (SSSR count). The maximum absolute atomic E-state index is 13.1. The summed E-state index contributed by atoms with van der Waals surface area (Å²) in [6.07, 6.45) is -0.290. The van der Waals surface area contributed by atoms with Crippen LogP contribution in [0.4, 0.5) is 8.78 Å². The average Bonchev–Trinajstić information content (AvgIpc) is 2.15. The quantitative estimate of drug-likeness (QED) is 0.613. The third-order valence-electron chi connectivity index (χ3n) is 1.80. The third-order valence-corrected chi connectivity index (χ3v) is 2.89. The zero-order valence-corrected chi connectivity index (χ0v) is 9.86. The third kappa shape index (κ3) is 5.90. The van der Waals surface area contributed by atoms with Crippen molar-refractivity contribution >= 4 is 13.8 Å². The maximum Gasteiger partial charge on any atom is 0.516 e. The Bertz CT molecular complexity index is 231. The predicted molar refractivity (Wildman–Crippen MR) is 53.6 cm³/mol. The number of Topliss-reactive ketones (excluding diaryl/α,β-unsaturated/α-hetero) is 1. The lowest BCUT2D eigenvalue weighted by molar-refractivity contribution is -0.141. The molecular weight excluding hydrogens is 225 g/mol. The summed E-state index contributed by atoms with van der Waals surface area (Å²) in [4.78, 5) is 11.0. The maximum atomic E-state index is 13.1. The van der Waals surface area contributed by atoms with E-state index >= 15 is 0 Å². The fourth-order valence-electron chi connectivity index (χ4n) is 0.961. The van der Waals surface area contributed by atoms with Gasteiger partial charge in [-0.3, -0.25) is 4.79 Å². The van der Waals surface area contributed by atoms with Gasteiger partial charge in [-0.1, -0.05) is 13.3 Å². The molecule has 6 heteroatoms. The number of carbonyl (C=O) groups excluding carboxylic acids is 1. The van der Waals surface area contributed by atoms with Gasteiger partial charge in [0.2, 0.25) is 6.16 Å². The summed E-state index contributed by atoms with van der Waals surface area (Å²) in [5.74, 6) is -4.65. The Labute approximate surface area is 89.1 Å². The van der Waals surface area contributed by atoms with E-state index in [9.17, 15) is 18.1 Å². The topological polar surface area (TPSA) is 43.4 Å². The van der Waals surface area contributed by atoms with Gasteiger partial charge in [0.1, 0.15) is 0 Å². The van der Waals surface area contributed by atoms with Gasteiger partial charge in [0.25, 0.3) is 5.78 Å². The highest BCUT2D eigenvalue weighted by Gasteiger charge is 2.42. The highest BCUT2D eigenvalue weighted by atomic mass is 31.1. The molecule has 3 nitrogen and oxygen atoms in total. The van der Waals surface area contributed by atoms with E-state index in [1.807, 2.05) is 0 Å². The van der Waals surface area contributed by atoms with Crippen molar-refractivity contribution in [2.45, 2.75) is 39.0 Å². The highest BCUT2D eigenvalue weighted by molar-refractivity contribution is 7.40. The summed E-state index contributed by atoms with van der Waals surface area (Å²) in [5, 5.41) is 0. The van der Waals surface area contributed by atoms with Gasteiger partial charge in [-0.2, -0.15) is 8.78 Å². The summed E-state index contributed by atoms with van der Waals surface area (Å²) in [5.41, 5.74) is 0. The molecule has 0 spiro atoms. The first-order valence-corrected chi connectivity index (χ1v) is 6.29. The van der Waals surface area contributed by atoms with Crippen LogP contribution in [0.3, 0.4) is 0 Å². The Morgan fingerprint density at radius 2 is 2.00 bits per heavy atom. The zero-order valence-electron chi connectivity index (χ0n) is 8.96. The Balaban J connectivity index is 4.12. The van der Waals surface area contributed by atoms with Crippen molar-refractivity contribution in [2.24, 2.45) is 0 Å². The average molecular weight is 241 g/mol. The first-order valence-electron chi connectivity index (χ1n) is 4.92. The Hall–Kier alpha value is -0.410. The van der Waals surface area contributed by atoms with Gasteiger partial charge in [0.15, 0.2) is 0 Å². The van der Waals surface area contributed by atoms with E-state index < -0.39 is 32.3 Å². The molecule has 0 aliphatic heterocycles. The van der Waals surface area contributed by atoms with Crippen LogP contribution < -0.4 is 0 Å². The lowest BCUT2D eigenvalue weighted by atomic mass is 10.1. The van der Waals surface area contributed by atoms with Crippen LogP contribution in [-0.2, 0) is 13.9 Å². The molecule has 0 aromatic heterocycles. The van der Waals surface area contributed by atoms with Crippen molar-refractivity contribution in [3.05, 3.63) is 0 Å². The van der Waals surface area contributed by atoms with Gasteiger partial charge in [0.05, 0.1) is 6.61 Å². The molecule has 0 aliphatic rings. The minimum absolute atomic E-state index is 0.156. The minimum Gasteiger partial charge on any atom is -0.288 e. The number of alkyl halides is 2. The second-order valence-corrected chi connectivity index (χ2v) is 4.38. The number of unbranched alkanes of at least 4 members (excludes halogenated alkanes) is 1. The van der Waals surface area contributed by atoms with Crippen molar-refractivity contribution in [1.29, 1.82) is 0 Å². The first-order chi connectivity index (χ1) is 6.94. The minimum atomic E-state index is -3.36. The lowest BCUT2D eigenvalue weighted by Crippen LogP contribution is -2.30. The molecule has 0 bridgehead atoms. The molecule has 0 heterocycles. The van der Waals surface area contributed by atoms with E-state index in [4.69, 9.17) is 0 Å². The van der Waals surface area contributed by atoms with E-state index in [1.54, 1.807) is 13.8 Å². The van der Waals surface area contributed by atoms with Crippen LogP contribution in [0, 0.1) is 0 Å². The highest BCUT2D eigenvalue weighted by Crippen LogP contribution is 2.29. The number of halogens is 2. The Kier molecular flexibility index (Phi) is 6.77. The molecule has 0 saturated carbocycles. The largest absolute Gasteiger partial charge is 0.516 e. The fourth-order valence-corrected chi connectivity index (χ4v) is 1.81. The Morgan fingerprint density at radius 1 is 1.40 bits per heavy atom. The van der Waals surface area contributed by atoms with Gasteiger partial charge in [-0.25, -0.2) is 0 Å². The molecule has 0 aromatic rings. The second-order valence-electron chi connectivity index (χ2n) is 3.14. The van der Waals surface area contributed by atoms with E-state index in [1.165, 1.54) is 0 Å². The van der Waals surface area contributed by atoms with E-state index in [0.717, 1.165) is 0 Å². The molecule has 1 unspecified atom stereocenters. The van der Waals surface area contributed by atoms with Gasteiger partial charge in [0, 0.05) is 6.42 Å². The molecule has 0 saturated heterocycles. The van der Waals surface area contributed by atoms with Gasteiger partial charge < -0.3 is 0 Å². The van der Waals surface area contributed by atoms with Crippen LogP contribution in [0.25, 0.3) is 0 Å². The molecule has 15 heavy (non-hydrogen) atoms. The Morgan fingerprint density at radius 3 is 2.47 bits per heavy atom. The van der Waals surface area contributed by atoms with Crippen LogP contribution in [0.1, 0.15) is 33.1 Å². The lowest BCUT2D eigenvalue weighted by Gasteiger charge is -2.10. The summed E-state index contributed by atoms with van der Waals surface area (Å²) < 4.78 is 41.7. The summed E-state index contributed by atoms with van der Waals surface area (Å²) in [6, 6.07) is 0. The molecule has 88 valence electrons. The van der Waals surface area contributed by atoms with Gasteiger partial charge >= 0.3 is 14.0 Å². The zero-order chi connectivity index (χ0) is 11.9. The van der Waals surface area contributed by atoms with E-state index in [2.05, 4.69) is 4.52 Å². The summed E-state index contributed by atoms with van der Waals surface area (Å²) in [7, 11) is -2.28. The van der Waals surface area contributed by atoms with E-state index in [-0.39, 0.29) is 13.0 Å². The second kappa shape index (κ2) is 6.96. The number of rotatable bonds is 8. The van der Waals surface area contributed by atoms with Crippen LogP contribution >= 0.6 is 8.03 Å². The van der Waals surface area contributed by atoms with Crippen molar-refractivity contribution in [3.8, 4) is 0 Å². The molecule has 0 amide bonds. The van der Waals surface area contributed by atoms with Crippen molar-refractivity contribution < 1.29 is 22.7 Å². The van der Waals surface area contributed by atoms with E-state index in [0.29, 0.717) is 6.42 Å². The SMILES string of the molecule is CCCCC(F)(F)C(=O)C[P+](=O)OCC. The van der Waals surface area contributed by atoms with Crippen LogP contribution in [0.15, 0.2) is 0 Å². The molecule has 0 N–H and O–H groups in total. The molecular formula is C9H16F2O3P+. The van der Waals surface area contributed by atoms with Gasteiger partial charge in [-0.15, -0.1) is 4.52 Å². The number of hydrogen-bond acceptors (Lipinski definition) is 3. The standard InChI is InChI=1S/C9H16F2O3P/c1-3-5-6-9(10,11)8(12)7-15(13)14-4-2/h3-7H2,1-2H3/q+1. The smallest absolute Gasteiger partial charge is 0.288 e. The van der Waals surface area contributed by atoms with Crippen molar-refractivity contribution in [1.82, 2.24) is 0 Å². The van der Waals surface area contributed by atoms with Crippen molar-refractivity contribution in [3.63, 3.8) is 0 Å². The van der Waals surface area contributed by atoms with Crippen LogP contribution in [0.2, 0.25) is 0 Å².